The number of carbonyl (C=O) groups is 3. The van der Waals surface area contributed by atoms with Crippen LogP contribution >= 0.6 is 0 Å². The van der Waals surface area contributed by atoms with E-state index in [0.29, 0.717) is 0 Å². The number of urea groups is 1. The Bertz CT molecular complexity index is 622. The highest BCUT2D eigenvalue weighted by Gasteiger charge is 2.30. The molecule has 0 saturated carbocycles. The first kappa shape index (κ1) is 21.7. The highest BCUT2D eigenvalue weighted by Crippen LogP contribution is 2.28. The summed E-state index contributed by atoms with van der Waals surface area (Å²) < 4.78 is 5.35. The molecule has 1 rings (SSSR count). The number of hydrogen-bond donors (Lipinski definition) is 2. The van der Waals surface area contributed by atoms with Gasteiger partial charge in [-0.25, -0.2) is 4.79 Å². The van der Waals surface area contributed by atoms with Crippen molar-refractivity contribution in [2.45, 2.75) is 65.5 Å². The predicted octanol–water partition coefficient (Wildman–Crippen LogP) is 3.37. The Labute approximate surface area is 155 Å². The third kappa shape index (κ3) is 6.86. The van der Waals surface area contributed by atoms with Gasteiger partial charge in [-0.2, -0.15) is 0 Å². The number of benzene rings is 1. The zero-order valence-corrected chi connectivity index (χ0v) is 16.5. The van der Waals surface area contributed by atoms with Crippen molar-refractivity contribution in [2.24, 2.45) is 5.92 Å². The fourth-order valence-electron chi connectivity index (χ4n) is 2.48. The highest BCUT2D eigenvalue weighted by molar-refractivity contribution is 5.97. The molecule has 3 amide bonds. The summed E-state index contributed by atoms with van der Waals surface area (Å²) >= 11 is 0. The van der Waals surface area contributed by atoms with Crippen LogP contribution in [-0.2, 0) is 14.3 Å². The Balaban J connectivity index is 2.76. The summed E-state index contributed by atoms with van der Waals surface area (Å²) in [6.45, 7) is 10.8. The lowest BCUT2D eigenvalue weighted by atomic mass is 9.85. The zero-order valence-electron chi connectivity index (χ0n) is 16.5. The van der Waals surface area contributed by atoms with Crippen molar-refractivity contribution >= 4 is 17.9 Å². The predicted molar refractivity (Wildman–Crippen MR) is 101 cm³/mol. The fourth-order valence-corrected chi connectivity index (χ4v) is 2.48. The maximum atomic E-state index is 12.7. The van der Waals surface area contributed by atoms with Gasteiger partial charge in [0.15, 0.2) is 6.10 Å². The number of hydrogen-bond acceptors (Lipinski definition) is 4. The van der Waals surface area contributed by atoms with Crippen molar-refractivity contribution in [3.63, 3.8) is 0 Å². The monoisotopic (exact) mass is 362 g/mol. The summed E-state index contributed by atoms with van der Waals surface area (Å²) in [7, 11) is 0. The van der Waals surface area contributed by atoms with E-state index in [-0.39, 0.29) is 5.92 Å². The summed E-state index contributed by atoms with van der Waals surface area (Å²) in [5.41, 5.74) is 0.379. The van der Waals surface area contributed by atoms with Crippen LogP contribution in [0.5, 0.6) is 0 Å². The molecule has 1 aromatic rings. The number of nitrogens with one attached hydrogen (secondary N) is 2. The van der Waals surface area contributed by atoms with E-state index in [9.17, 15) is 14.4 Å². The van der Waals surface area contributed by atoms with E-state index >= 15 is 0 Å². The van der Waals surface area contributed by atoms with E-state index < -0.39 is 35.5 Å². The van der Waals surface area contributed by atoms with Crippen molar-refractivity contribution in [3.8, 4) is 0 Å². The molecule has 144 valence electrons. The third-order valence-electron chi connectivity index (χ3n) is 4.01. The minimum Gasteiger partial charge on any atom is -0.452 e. The molecule has 0 saturated heterocycles. The van der Waals surface area contributed by atoms with Crippen LogP contribution in [0.2, 0.25) is 0 Å². The van der Waals surface area contributed by atoms with Crippen molar-refractivity contribution < 1.29 is 19.1 Å². The summed E-state index contributed by atoms with van der Waals surface area (Å²) in [6, 6.07) is 8.74. The van der Waals surface area contributed by atoms with Gasteiger partial charge in [0.25, 0.3) is 5.91 Å². The molecule has 0 radical (unpaired) electrons. The molecule has 0 spiro atoms. The Morgan fingerprint density at radius 2 is 1.65 bits per heavy atom. The summed E-state index contributed by atoms with van der Waals surface area (Å²) in [5, 5.41) is 4.82. The lowest BCUT2D eigenvalue weighted by Gasteiger charge is -2.24. The Morgan fingerprint density at radius 1 is 1.08 bits per heavy atom. The molecule has 2 N–H and O–H groups in total. The van der Waals surface area contributed by atoms with Crippen molar-refractivity contribution in [3.05, 3.63) is 35.9 Å². The van der Waals surface area contributed by atoms with E-state index in [2.05, 4.69) is 10.6 Å². The van der Waals surface area contributed by atoms with Gasteiger partial charge in [-0.05, 0) is 39.2 Å². The lowest BCUT2D eigenvalue weighted by Crippen LogP contribution is -2.50. The van der Waals surface area contributed by atoms with Gasteiger partial charge in [-0.15, -0.1) is 0 Å². The molecule has 0 bridgehead atoms. The molecule has 26 heavy (non-hydrogen) atoms. The first-order valence-electron chi connectivity index (χ1n) is 8.93. The fraction of sp³-hybridized carbons (Fsp3) is 0.550. The topological polar surface area (TPSA) is 84.5 Å². The minimum absolute atomic E-state index is 0.0596. The summed E-state index contributed by atoms with van der Waals surface area (Å²) in [6.07, 6.45) is -0.271. The molecular weight excluding hydrogens is 332 g/mol. The van der Waals surface area contributed by atoms with Crippen LogP contribution in [0.3, 0.4) is 0 Å². The van der Waals surface area contributed by atoms with Crippen molar-refractivity contribution in [1.82, 2.24) is 10.6 Å². The van der Waals surface area contributed by atoms with Gasteiger partial charge in [0.05, 0.1) is 5.92 Å². The number of imide groups is 1. The average molecular weight is 362 g/mol. The highest BCUT2D eigenvalue weighted by atomic mass is 16.5. The minimum atomic E-state index is -1.07. The Hall–Kier alpha value is -2.37. The molecule has 6 nitrogen and oxygen atoms in total. The second kappa shape index (κ2) is 9.36. The van der Waals surface area contributed by atoms with Crippen LogP contribution in [0, 0.1) is 5.92 Å². The van der Waals surface area contributed by atoms with E-state index in [1.165, 1.54) is 6.92 Å². The van der Waals surface area contributed by atoms with Gasteiger partial charge in [0.1, 0.15) is 0 Å². The van der Waals surface area contributed by atoms with Crippen LogP contribution < -0.4 is 10.6 Å². The maximum absolute atomic E-state index is 12.7. The molecule has 0 aliphatic rings. The number of carbonyl (C=O) groups excluding carboxylic acids is 3. The standard InChI is InChI=1S/C20H30N2O4/c1-7-13(2)16(15-11-9-8-10-12-15)18(24)26-14(3)17(23)21-19(25)22-20(4,5)6/h8-14,16H,7H2,1-6H3,(H2,21,22,23,25)/t13-,14+,16+/m1/s1. The molecule has 0 aliphatic carbocycles. The molecule has 0 aliphatic heterocycles. The van der Waals surface area contributed by atoms with E-state index in [1.54, 1.807) is 20.8 Å². The smallest absolute Gasteiger partial charge is 0.321 e. The van der Waals surface area contributed by atoms with E-state index in [4.69, 9.17) is 4.74 Å². The number of amides is 3. The molecule has 0 fully saturated rings. The van der Waals surface area contributed by atoms with Crippen molar-refractivity contribution in [2.75, 3.05) is 0 Å². The van der Waals surface area contributed by atoms with E-state index in [1.807, 2.05) is 44.2 Å². The summed E-state index contributed by atoms with van der Waals surface area (Å²) in [4.78, 5) is 36.6. The molecule has 0 heterocycles. The third-order valence-corrected chi connectivity index (χ3v) is 4.01. The van der Waals surface area contributed by atoms with Crippen LogP contribution in [0.1, 0.15) is 59.4 Å². The molecule has 0 unspecified atom stereocenters. The van der Waals surface area contributed by atoms with Crippen LogP contribution in [0.15, 0.2) is 30.3 Å². The maximum Gasteiger partial charge on any atom is 0.321 e. The number of esters is 1. The first-order valence-corrected chi connectivity index (χ1v) is 8.93. The SMILES string of the molecule is CC[C@@H](C)[C@H](C(=O)O[C@@H](C)C(=O)NC(=O)NC(C)(C)C)c1ccccc1. The normalized spacial score (nSPS) is 14.7. The van der Waals surface area contributed by atoms with Gasteiger partial charge in [0, 0.05) is 5.54 Å². The van der Waals surface area contributed by atoms with Gasteiger partial charge < -0.3 is 10.1 Å². The van der Waals surface area contributed by atoms with Crippen LogP contribution in [0.25, 0.3) is 0 Å². The first-order chi connectivity index (χ1) is 12.0. The average Bonchev–Trinajstić information content (AvgIpc) is 2.53. The van der Waals surface area contributed by atoms with Crippen molar-refractivity contribution in [1.29, 1.82) is 0 Å². The van der Waals surface area contributed by atoms with Gasteiger partial charge in [-0.1, -0.05) is 50.6 Å². The molecule has 1 aromatic carbocycles. The molecular formula is C20H30N2O4. The number of rotatable bonds is 6. The second-order valence-corrected chi connectivity index (χ2v) is 7.55. The second-order valence-electron chi connectivity index (χ2n) is 7.55. The summed E-state index contributed by atoms with van der Waals surface area (Å²) in [5.74, 6) is -1.52. The van der Waals surface area contributed by atoms with Crippen LogP contribution in [0.4, 0.5) is 4.79 Å². The molecule has 0 aromatic heterocycles. The quantitative estimate of drug-likeness (QED) is 0.760. The number of ether oxygens (including phenoxy) is 1. The zero-order chi connectivity index (χ0) is 19.9. The molecule has 3 atom stereocenters. The largest absolute Gasteiger partial charge is 0.452 e. The van der Waals surface area contributed by atoms with E-state index in [0.717, 1.165) is 12.0 Å². The van der Waals surface area contributed by atoms with Crippen LogP contribution in [-0.4, -0.2) is 29.6 Å². The lowest BCUT2D eigenvalue weighted by molar-refractivity contribution is -0.157. The molecule has 6 heteroatoms. The van der Waals surface area contributed by atoms with Gasteiger partial charge in [-0.3, -0.25) is 14.9 Å². The Morgan fingerprint density at radius 3 is 2.15 bits per heavy atom. The van der Waals surface area contributed by atoms with Gasteiger partial charge in [0.2, 0.25) is 0 Å². The van der Waals surface area contributed by atoms with Gasteiger partial charge >= 0.3 is 12.0 Å². The Kier molecular flexibility index (Phi) is 7.80.